The fourth-order valence-electron chi connectivity index (χ4n) is 1.84. The Morgan fingerprint density at radius 1 is 1.43 bits per heavy atom. The van der Waals surface area contributed by atoms with Gasteiger partial charge >= 0.3 is 0 Å². The van der Waals surface area contributed by atoms with E-state index in [4.69, 9.17) is 0 Å². The number of hydrogen-bond donors (Lipinski definition) is 1. The summed E-state index contributed by atoms with van der Waals surface area (Å²) in [5.41, 5.74) is -0.322. The lowest BCUT2D eigenvalue weighted by Crippen LogP contribution is -2.26. The molecule has 9 nitrogen and oxygen atoms in total. The van der Waals surface area contributed by atoms with Crippen molar-refractivity contribution in [2.75, 3.05) is 5.32 Å². The molecule has 1 N–H and O–H groups in total. The molecule has 0 fully saturated rings. The lowest BCUT2D eigenvalue weighted by Gasteiger charge is -2.04. The maximum atomic E-state index is 11.9. The van der Waals surface area contributed by atoms with Crippen LogP contribution in [-0.4, -0.2) is 26.2 Å². The van der Waals surface area contributed by atoms with E-state index in [-0.39, 0.29) is 16.6 Å². The minimum atomic E-state index is -0.656. The van der Waals surface area contributed by atoms with Crippen LogP contribution in [0.5, 0.6) is 0 Å². The maximum absolute atomic E-state index is 11.9. The van der Waals surface area contributed by atoms with Gasteiger partial charge in [-0.1, -0.05) is 11.3 Å². The molecule has 120 valence electrons. The number of carbonyl (C=O) groups is 2. The Hall–Kier alpha value is -2.88. The van der Waals surface area contributed by atoms with Crippen LogP contribution in [0.4, 0.5) is 10.8 Å². The highest BCUT2D eigenvalue weighted by Crippen LogP contribution is 2.22. The zero-order valence-electron chi connectivity index (χ0n) is 12.2. The number of pyridine rings is 1. The molecule has 0 aliphatic heterocycles. The molecule has 0 aliphatic carbocycles. The molecule has 0 saturated heterocycles. The van der Waals surface area contributed by atoms with Gasteiger partial charge in [0.25, 0.3) is 11.2 Å². The van der Waals surface area contributed by atoms with Crippen LogP contribution >= 0.6 is 11.3 Å². The van der Waals surface area contributed by atoms with E-state index in [1.807, 2.05) is 0 Å². The van der Waals surface area contributed by atoms with E-state index < -0.39 is 22.9 Å². The minimum Gasteiger partial charge on any atom is -0.300 e. The Kier molecular flexibility index (Phi) is 4.65. The van der Waals surface area contributed by atoms with Gasteiger partial charge in [-0.2, -0.15) is 0 Å². The van der Waals surface area contributed by atoms with Gasteiger partial charge in [-0.15, -0.1) is 0 Å². The third-order valence-electron chi connectivity index (χ3n) is 2.86. The van der Waals surface area contributed by atoms with Crippen LogP contribution in [-0.2, 0) is 11.3 Å². The molecule has 0 bridgehead atoms. The standard InChI is InChI=1S/C13H12N4O5S/c1-7-12(8(2)18)23-13(14-7)15-10(19)6-16-5-9(17(21)22)3-4-11(16)20/h3-5H,6H2,1-2H3,(H,14,15,19). The molecule has 0 radical (unpaired) electrons. The van der Waals surface area contributed by atoms with E-state index in [9.17, 15) is 24.5 Å². The van der Waals surface area contributed by atoms with Gasteiger partial charge in [0.15, 0.2) is 10.9 Å². The van der Waals surface area contributed by atoms with Gasteiger partial charge in [-0.05, 0) is 6.92 Å². The van der Waals surface area contributed by atoms with Crippen LogP contribution in [0.1, 0.15) is 22.3 Å². The van der Waals surface area contributed by atoms with Crippen LogP contribution < -0.4 is 10.9 Å². The molecule has 0 aliphatic rings. The number of nitrogens with zero attached hydrogens (tertiary/aromatic N) is 3. The molecule has 10 heteroatoms. The first-order valence-corrected chi connectivity index (χ1v) is 7.22. The molecular weight excluding hydrogens is 324 g/mol. The fourth-order valence-corrected chi connectivity index (χ4v) is 2.72. The van der Waals surface area contributed by atoms with Crippen molar-refractivity contribution in [3.8, 4) is 0 Å². The number of rotatable bonds is 5. The van der Waals surface area contributed by atoms with E-state index in [2.05, 4.69) is 10.3 Å². The second kappa shape index (κ2) is 6.48. The molecule has 0 aromatic carbocycles. The normalized spacial score (nSPS) is 10.3. The first-order chi connectivity index (χ1) is 10.8. The molecule has 23 heavy (non-hydrogen) atoms. The number of aryl methyl sites for hydroxylation is 1. The lowest BCUT2D eigenvalue weighted by molar-refractivity contribution is -0.385. The van der Waals surface area contributed by atoms with Crippen molar-refractivity contribution in [1.82, 2.24) is 9.55 Å². The van der Waals surface area contributed by atoms with Crippen molar-refractivity contribution in [2.45, 2.75) is 20.4 Å². The van der Waals surface area contributed by atoms with Gasteiger partial charge in [0.1, 0.15) is 6.54 Å². The highest BCUT2D eigenvalue weighted by Gasteiger charge is 2.15. The monoisotopic (exact) mass is 336 g/mol. The molecule has 2 aromatic heterocycles. The van der Waals surface area contributed by atoms with E-state index in [0.29, 0.717) is 10.6 Å². The molecule has 0 unspecified atom stereocenters. The third-order valence-corrected chi connectivity index (χ3v) is 4.03. The van der Waals surface area contributed by atoms with E-state index >= 15 is 0 Å². The first kappa shape index (κ1) is 16.5. The van der Waals surface area contributed by atoms with Gasteiger partial charge < -0.3 is 5.32 Å². The zero-order valence-corrected chi connectivity index (χ0v) is 13.0. The predicted octanol–water partition coefficient (Wildman–Crippen LogP) is 1.36. The van der Waals surface area contributed by atoms with Crippen LogP contribution in [0.2, 0.25) is 0 Å². The Morgan fingerprint density at radius 2 is 2.13 bits per heavy atom. The van der Waals surface area contributed by atoms with Crippen molar-refractivity contribution in [2.24, 2.45) is 0 Å². The molecule has 0 atom stereocenters. The lowest BCUT2D eigenvalue weighted by atomic mass is 10.3. The van der Waals surface area contributed by atoms with Gasteiger partial charge in [0.2, 0.25) is 5.91 Å². The largest absolute Gasteiger partial charge is 0.300 e. The second-order valence-corrected chi connectivity index (χ2v) is 5.65. The van der Waals surface area contributed by atoms with Gasteiger partial charge in [0.05, 0.1) is 21.7 Å². The number of aromatic nitrogens is 2. The predicted molar refractivity (Wildman–Crippen MR) is 82.8 cm³/mol. The number of nitrogens with one attached hydrogen (secondary N) is 1. The summed E-state index contributed by atoms with van der Waals surface area (Å²) >= 11 is 1.03. The van der Waals surface area contributed by atoms with Crippen LogP contribution in [0.15, 0.2) is 23.1 Å². The first-order valence-electron chi connectivity index (χ1n) is 6.41. The number of anilines is 1. The number of hydrogen-bond acceptors (Lipinski definition) is 7. The van der Waals surface area contributed by atoms with E-state index in [1.165, 1.54) is 6.92 Å². The highest BCUT2D eigenvalue weighted by molar-refractivity contribution is 7.17. The van der Waals surface area contributed by atoms with Crippen LogP contribution in [0.25, 0.3) is 0 Å². The molecule has 2 rings (SSSR count). The molecule has 0 spiro atoms. The summed E-state index contributed by atoms with van der Waals surface area (Å²) in [5.74, 6) is -0.730. The summed E-state index contributed by atoms with van der Waals surface area (Å²) in [7, 11) is 0. The molecular formula is C13H12N4O5S. The summed E-state index contributed by atoms with van der Waals surface area (Å²) in [5, 5.41) is 13.4. The number of nitro groups is 1. The molecule has 0 saturated carbocycles. The highest BCUT2D eigenvalue weighted by atomic mass is 32.1. The van der Waals surface area contributed by atoms with Crippen molar-refractivity contribution >= 4 is 33.8 Å². The Labute approximate surface area is 133 Å². The average molecular weight is 336 g/mol. The van der Waals surface area contributed by atoms with E-state index in [1.54, 1.807) is 6.92 Å². The zero-order chi connectivity index (χ0) is 17.1. The average Bonchev–Trinajstić information content (AvgIpc) is 2.81. The quantitative estimate of drug-likeness (QED) is 0.499. The van der Waals surface area contributed by atoms with Gasteiger partial charge in [0, 0.05) is 19.1 Å². The maximum Gasteiger partial charge on any atom is 0.285 e. The fraction of sp³-hybridized carbons (Fsp3) is 0.231. The topological polar surface area (TPSA) is 124 Å². The number of thiazole rings is 1. The number of amides is 1. The Bertz CT molecular complexity index is 854. The Morgan fingerprint density at radius 3 is 2.70 bits per heavy atom. The molecule has 2 heterocycles. The van der Waals surface area contributed by atoms with Gasteiger partial charge in [-0.25, -0.2) is 4.98 Å². The van der Waals surface area contributed by atoms with Crippen LogP contribution in [0.3, 0.4) is 0 Å². The smallest absolute Gasteiger partial charge is 0.285 e. The number of carbonyl (C=O) groups excluding carboxylic acids is 2. The van der Waals surface area contributed by atoms with Crippen LogP contribution in [0, 0.1) is 17.0 Å². The molecule has 2 aromatic rings. The van der Waals surface area contributed by atoms with Crippen molar-refractivity contribution in [3.05, 3.63) is 49.4 Å². The van der Waals surface area contributed by atoms with Crippen molar-refractivity contribution in [3.63, 3.8) is 0 Å². The molecule has 1 amide bonds. The summed E-state index contributed by atoms with van der Waals surface area (Å²) in [6, 6.07) is 2.09. The Balaban J connectivity index is 2.15. The SMILES string of the molecule is CC(=O)c1sc(NC(=O)Cn2cc([N+](=O)[O-])ccc2=O)nc1C. The van der Waals surface area contributed by atoms with Crippen molar-refractivity contribution < 1.29 is 14.5 Å². The van der Waals surface area contributed by atoms with Crippen molar-refractivity contribution in [1.29, 1.82) is 0 Å². The second-order valence-electron chi connectivity index (χ2n) is 4.65. The minimum absolute atomic E-state index is 0.157. The van der Waals surface area contributed by atoms with E-state index in [0.717, 1.165) is 34.2 Å². The van der Waals surface area contributed by atoms with Gasteiger partial charge in [-0.3, -0.25) is 29.1 Å². The summed E-state index contributed by atoms with van der Waals surface area (Å²) in [6.07, 6.45) is 0.996. The summed E-state index contributed by atoms with van der Waals surface area (Å²) in [4.78, 5) is 49.5. The third kappa shape index (κ3) is 3.86. The number of Topliss-reactive ketones (excluding diaryl/α,β-unsaturated/α-hetero) is 1. The summed E-state index contributed by atoms with van der Waals surface area (Å²) < 4.78 is 0.930. The summed E-state index contributed by atoms with van der Waals surface area (Å²) in [6.45, 7) is 2.65. The number of ketones is 1.